The molecule has 0 unspecified atom stereocenters. The Balaban J connectivity index is 1.81. The second kappa shape index (κ2) is 9.19. The van der Waals surface area contributed by atoms with Crippen molar-refractivity contribution in [2.45, 2.75) is 18.1 Å². The average molecular weight is 412 g/mol. The van der Waals surface area contributed by atoms with Crippen molar-refractivity contribution in [3.8, 4) is 0 Å². The fourth-order valence-corrected chi connectivity index (χ4v) is 4.72. The monoisotopic (exact) mass is 411 g/mol. The van der Waals surface area contributed by atoms with Gasteiger partial charge < -0.3 is 0 Å². The molecule has 0 bridgehead atoms. The highest BCUT2D eigenvalue weighted by atomic mass is 32.2. The Bertz CT molecular complexity index is 1060. The SMILES string of the molecule is CS[C@H]1C(=O)N(c2ccc(C)cc2)C=C(/C=C/c2ccccc2)[C@@H]1c1ccccc1. The topological polar surface area (TPSA) is 20.3 Å². The molecule has 0 radical (unpaired) electrons. The second-order valence-electron chi connectivity index (χ2n) is 7.46. The number of carbonyl (C=O) groups excluding carboxylic acids is 1. The molecule has 30 heavy (non-hydrogen) atoms. The van der Waals surface area contributed by atoms with E-state index < -0.39 is 0 Å². The predicted molar refractivity (Wildman–Crippen MR) is 129 cm³/mol. The second-order valence-corrected chi connectivity index (χ2v) is 8.44. The van der Waals surface area contributed by atoms with Gasteiger partial charge in [-0.3, -0.25) is 9.69 Å². The zero-order valence-electron chi connectivity index (χ0n) is 17.2. The number of hydrogen-bond donors (Lipinski definition) is 0. The summed E-state index contributed by atoms with van der Waals surface area (Å²) in [5, 5.41) is -0.186. The minimum absolute atomic E-state index is 0.00959. The molecule has 2 nitrogen and oxygen atoms in total. The molecule has 3 aromatic carbocycles. The van der Waals surface area contributed by atoms with Crippen LogP contribution < -0.4 is 4.90 Å². The number of thioether (sulfide) groups is 1. The van der Waals surface area contributed by atoms with E-state index in [1.807, 2.05) is 78.0 Å². The molecule has 0 spiro atoms. The largest absolute Gasteiger partial charge is 0.287 e. The zero-order chi connectivity index (χ0) is 20.9. The number of hydrogen-bond acceptors (Lipinski definition) is 2. The van der Waals surface area contributed by atoms with Crippen LogP contribution in [0.3, 0.4) is 0 Å². The van der Waals surface area contributed by atoms with Crippen molar-refractivity contribution >= 4 is 29.4 Å². The summed E-state index contributed by atoms with van der Waals surface area (Å²) in [6.07, 6.45) is 8.32. The smallest absolute Gasteiger partial charge is 0.245 e. The highest BCUT2D eigenvalue weighted by Crippen LogP contribution is 2.40. The van der Waals surface area contributed by atoms with Gasteiger partial charge in [0.2, 0.25) is 5.91 Å². The lowest BCUT2D eigenvalue weighted by Gasteiger charge is -2.36. The third kappa shape index (κ3) is 4.27. The molecule has 1 amide bonds. The van der Waals surface area contributed by atoms with Crippen LogP contribution in [0.1, 0.15) is 22.6 Å². The van der Waals surface area contributed by atoms with Gasteiger partial charge in [0.05, 0.1) is 5.25 Å². The van der Waals surface area contributed by atoms with Crippen molar-refractivity contribution in [2.75, 3.05) is 11.2 Å². The molecule has 0 saturated heterocycles. The van der Waals surface area contributed by atoms with Crippen molar-refractivity contribution in [1.82, 2.24) is 0 Å². The van der Waals surface area contributed by atoms with Crippen LogP contribution in [0.2, 0.25) is 0 Å². The highest BCUT2D eigenvalue weighted by molar-refractivity contribution is 8.00. The molecule has 3 aromatic rings. The fraction of sp³-hybridized carbons (Fsp3) is 0.148. The molecule has 0 saturated carbocycles. The summed E-state index contributed by atoms with van der Waals surface area (Å²) >= 11 is 1.62. The lowest BCUT2D eigenvalue weighted by atomic mass is 9.85. The Morgan fingerprint density at radius 3 is 2.10 bits per heavy atom. The molecule has 1 heterocycles. The average Bonchev–Trinajstić information content (AvgIpc) is 2.80. The molecule has 0 aliphatic carbocycles. The van der Waals surface area contributed by atoms with E-state index in [1.165, 1.54) is 5.56 Å². The van der Waals surface area contributed by atoms with Gasteiger partial charge in [-0.25, -0.2) is 0 Å². The number of anilines is 1. The maximum Gasteiger partial charge on any atom is 0.245 e. The quantitative estimate of drug-likeness (QED) is 0.480. The standard InChI is InChI=1S/C27H25NOS/c1-20-13-17-24(18-14-20)28-19-23(16-15-21-9-5-3-6-10-21)25(26(30-2)27(28)29)22-11-7-4-8-12-22/h3-19,25-26H,1-2H3/b16-15+/t25-,26+/m0/s1. The molecule has 3 heteroatoms. The van der Waals surface area contributed by atoms with Gasteiger partial charge in [-0.05, 0) is 42.0 Å². The van der Waals surface area contributed by atoms with Crippen molar-refractivity contribution < 1.29 is 4.79 Å². The van der Waals surface area contributed by atoms with E-state index in [9.17, 15) is 4.79 Å². The number of nitrogens with zero attached hydrogens (tertiary/aromatic N) is 1. The lowest BCUT2D eigenvalue weighted by Crippen LogP contribution is -2.42. The van der Waals surface area contributed by atoms with Gasteiger partial charge in [-0.1, -0.05) is 90.5 Å². The van der Waals surface area contributed by atoms with E-state index in [1.54, 1.807) is 11.8 Å². The zero-order valence-corrected chi connectivity index (χ0v) is 18.0. The molecule has 0 N–H and O–H groups in total. The highest BCUT2D eigenvalue weighted by Gasteiger charge is 2.38. The first-order chi connectivity index (χ1) is 14.7. The van der Waals surface area contributed by atoms with E-state index in [0.29, 0.717) is 0 Å². The Morgan fingerprint density at radius 2 is 1.47 bits per heavy atom. The number of carbonyl (C=O) groups is 1. The maximum absolute atomic E-state index is 13.5. The van der Waals surface area contributed by atoms with Gasteiger partial charge in [-0.15, -0.1) is 0 Å². The molecular formula is C27H25NOS. The minimum Gasteiger partial charge on any atom is -0.287 e. The molecule has 1 aliphatic rings. The van der Waals surface area contributed by atoms with Crippen LogP contribution in [0, 0.1) is 6.92 Å². The summed E-state index contributed by atoms with van der Waals surface area (Å²) in [6, 6.07) is 28.7. The molecule has 1 aliphatic heterocycles. The Hall–Kier alpha value is -3.04. The first-order valence-corrected chi connectivity index (χ1v) is 11.4. The maximum atomic E-state index is 13.5. The molecule has 4 rings (SSSR count). The first kappa shape index (κ1) is 20.2. The minimum atomic E-state index is -0.186. The van der Waals surface area contributed by atoms with Crippen molar-refractivity contribution in [1.29, 1.82) is 0 Å². The number of benzene rings is 3. The van der Waals surface area contributed by atoms with Crippen molar-refractivity contribution in [3.05, 3.63) is 119 Å². The van der Waals surface area contributed by atoms with E-state index in [0.717, 1.165) is 22.4 Å². The third-order valence-corrected chi connectivity index (χ3v) is 6.40. The van der Waals surface area contributed by atoms with Gasteiger partial charge in [0.1, 0.15) is 0 Å². The third-order valence-electron chi connectivity index (χ3n) is 5.41. The first-order valence-electron chi connectivity index (χ1n) is 10.1. The number of rotatable bonds is 5. The van der Waals surface area contributed by atoms with Gasteiger partial charge in [0.15, 0.2) is 0 Å². The Morgan fingerprint density at radius 1 is 0.833 bits per heavy atom. The van der Waals surface area contributed by atoms with E-state index in [-0.39, 0.29) is 17.1 Å². The van der Waals surface area contributed by atoms with Crippen LogP contribution >= 0.6 is 11.8 Å². The molecule has 0 fully saturated rings. The number of amides is 1. The summed E-state index contributed by atoms with van der Waals surface area (Å²) in [6.45, 7) is 2.06. The summed E-state index contributed by atoms with van der Waals surface area (Å²) in [7, 11) is 0. The van der Waals surface area contributed by atoms with Gasteiger partial charge in [-0.2, -0.15) is 11.8 Å². The summed E-state index contributed by atoms with van der Waals surface area (Å²) in [4.78, 5) is 15.3. The number of aryl methyl sites for hydroxylation is 1. The normalized spacial score (nSPS) is 19.2. The summed E-state index contributed by atoms with van der Waals surface area (Å²) in [5.41, 5.74) is 5.52. The molecular weight excluding hydrogens is 386 g/mol. The van der Waals surface area contributed by atoms with E-state index in [2.05, 4.69) is 43.3 Å². The number of allylic oxidation sites excluding steroid dienone is 2. The van der Waals surface area contributed by atoms with Crippen LogP contribution in [0.5, 0.6) is 0 Å². The van der Waals surface area contributed by atoms with Crippen LogP contribution in [-0.4, -0.2) is 17.4 Å². The fourth-order valence-electron chi connectivity index (χ4n) is 3.82. The predicted octanol–water partition coefficient (Wildman–Crippen LogP) is 6.45. The lowest BCUT2D eigenvalue weighted by molar-refractivity contribution is -0.118. The van der Waals surface area contributed by atoms with E-state index >= 15 is 0 Å². The Labute approximate surface area is 182 Å². The summed E-state index contributed by atoms with van der Waals surface area (Å²) in [5.74, 6) is 0.132. The van der Waals surface area contributed by atoms with Crippen LogP contribution in [0.4, 0.5) is 5.69 Å². The van der Waals surface area contributed by atoms with Crippen LogP contribution in [0.25, 0.3) is 6.08 Å². The Kier molecular flexibility index (Phi) is 6.20. The van der Waals surface area contributed by atoms with Crippen molar-refractivity contribution in [3.63, 3.8) is 0 Å². The van der Waals surface area contributed by atoms with Gasteiger partial charge >= 0.3 is 0 Å². The molecule has 2 atom stereocenters. The van der Waals surface area contributed by atoms with Crippen LogP contribution in [-0.2, 0) is 4.79 Å². The van der Waals surface area contributed by atoms with Crippen LogP contribution in [0.15, 0.2) is 103 Å². The molecule has 0 aromatic heterocycles. The van der Waals surface area contributed by atoms with Gasteiger partial charge in [0.25, 0.3) is 0 Å². The van der Waals surface area contributed by atoms with E-state index in [4.69, 9.17) is 0 Å². The summed E-state index contributed by atoms with van der Waals surface area (Å²) < 4.78 is 0. The molecule has 150 valence electrons. The van der Waals surface area contributed by atoms with Gasteiger partial charge in [0, 0.05) is 17.8 Å². The van der Waals surface area contributed by atoms with Crippen molar-refractivity contribution in [2.24, 2.45) is 0 Å².